The molecule has 18 heavy (non-hydrogen) atoms. The number of nitrogens with zero attached hydrogens (tertiary/aromatic N) is 1. The van der Waals surface area contributed by atoms with Gasteiger partial charge in [0.1, 0.15) is 6.04 Å². The summed E-state index contributed by atoms with van der Waals surface area (Å²) in [7, 11) is 1.34. The minimum absolute atomic E-state index is 0.0153. The van der Waals surface area contributed by atoms with Gasteiger partial charge in [0, 0.05) is 12.6 Å². The lowest BCUT2D eigenvalue weighted by atomic mass is 10.0. The summed E-state index contributed by atoms with van der Waals surface area (Å²) >= 11 is 0. The van der Waals surface area contributed by atoms with Crippen LogP contribution in [0.4, 0.5) is 4.79 Å². The van der Waals surface area contributed by atoms with Gasteiger partial charge in [0.15, 0.2) is 0 Å². The number of ether oxygens (including phenoxy) is 1. The topological polar surface area (TPSA) is 58.6 Å². The van der Waals surface area contributed by atoms with Crippen molar-refractivity contribution in [3.63, 3.8) is 0 Å². The first kappa shape index (κ1) is 14.8. The summed E-state index contributed by atoms with van der Waals surface area (Å²) in [6, 6.07) is -0.493. The molecule has 0 aromatic rings. The number of likely N-dealkylation sites (tertiary alicyclic amines) is 1. The minimum Gasteiger partial charge on any atom is -0.467 e. The Labute approximate surface area is 109 Å². The average Bonchev–Trinajstić information content (AvgIpc) is 2.35. The van der Waals surface area contributed by atoms with Gasteiger partial charge in [0.25, 0.3) is 0 Å². The Kier molecular flexibility index (Phi) is 5.44. The smallest absolute Gasteiger partial charge is 0.328 e. The van der Waals surface area contributed by atoms with Gasteiger partial charge in [0.2, 0.25) is 0 Å². The maximum absolute atomic E-state index is 12.2. The van der Waals surface area contributed by atoms with Gasteiger partial charge >= 0.3 is 12.0 Å². The number of carbonyl (C=O) groups excluding carboxylic acids is 2. The molecule has 0 radical (unpaired) electrons. The van der Waals surface area contributed by atoms with Gasteiger partial charge in [-0.05, 0) is 32.1 Å². The number of piperidine rings is 1. The Bertz CT molecular complexity index is 305. The maximum Gasteiger partial charge on any atom is 0.328 e. The molecule has 2 amide bonds. The van der Waals surface area contributed by atoms with E-state index in [1.54, 1.807) is 0 Å². The van der Waals surface area contributed by atoms with Crippen LogP contribution in [0, 0.1) is 5.92 Å². The Morgan fingerprint density at radius 1 is 1.33 bits per heavy atom. The second-order valence-electron chi connectivity index (χ2n) is 5.23. The molecule has 0 aromatic carbocycles. The van der Waals surface area contributed by atoms with Crippen LogP contribution in [0.1, 0.15) is 40.0 Å². The van der Waals surface area contributed by atoms with Crippen molar-refractivity contribution in [2.45, 2.75) is 52.1 Å². The van der Waals surface area contributed by atoms with Gasteiger partial charge in [-0.1, -0.05) is 13.8 Å². The molecule has 1 rings (SSSR count). The van der Waals surface area contributed by atoms with E-state index in [9.17, 15) is 9.59 Å². The molecule has 1 saturated heterocycles. The highest BCUT2D eigenvalue weighted by atomic mass is 16.5. The molecule has 5 nitrogen and oxygen atoms in total. The van der Waals surface area contributed by atoms with Gasteiger partial charge in [-0.15, -0.1) is 0 Å². The summed E-state index contributed by atoms with van der Waals surface area (Å²) in [4.78, 5) is 25.6. The van der Waals surface area contributed by atoms with Crippen LogP contribution in [0.3, 0.4) is 0 Å². The second-order valence-corrected chi connectivity index (χ2v) is 5.23. The SMILES string of the molecule is COC(=O)[C@@H](NC(=O)N1CCCCC1C)C(C)C. The number of amides is 2. The lowest BCUT2D eigenvalue weighted by Crippen LogP contribution is -2.53. The zero-order chi connectivity index (χ0) is 13.7. The molecule has 0 aliphatic carbocycles. The zero-order valence-electron chi connectivity index (χ0n) is 11.7. The van der Waals surface area contributed by atoms with Gasteiger partial charge < -0.3 is 15.0 Å². The Morgan fingerprint density at radius 3 is 2.50 bits per heavy atom. The Balaban J connectivity index is 2.63. The van der Waals surface area contributed by atoms with E-state index in [-0.39, 0.29) is 24.0 Å². The highest BCUT2D eigenvalue weighted by Gasteiger charge is 2.29. The van der Waals surface area contributed by atoms with Gasteiger partial charge in [-0.2, -0.15) is 0 Å². The summed E-state index contributed by atoms with van der Waals surface area (Å²) in [6.07, 6.45) is 3.22. The van der Waals surface area contributed by atoms with Crippen molar-refractivity contribution in [2.75, 3.05) is 13.7 Å². The van der Waals surface area contributed by atoms with Gasteiger partial charge in [0.05, 0.1) is 7.11 Å². The Hall–Kier alpha value is -1.26. The lowest BCUT2D eigenvalue weighted by molar-refractivity contribution is -0.144. The second kappa shape index (κ2) is 6.61. The molecule has 0 saturated carbocycles. The van der Waals surface area contributed by atoms with E-state index < -0.39 is 6.04 Å². The molecule has 1 N–H and O–H groups in total. The normalized spacial score (nSPS) is 21.6. The van der Waals surface area contributed by atoms with Crippen molar-refractivity contribution < 1.29 is 14.3 Å². The number of hydrogen-bond acceptors (Lipinski definition) is 3. The van der Waals surface area contributed by atoms with Crippen LogP contribution in [-0.4, -0.2) is 42.6 Å². The largest absolute Gasteiger partial charge is 0.467 e. The third-order valence-electron chi connectivity index (χ3n) is 3.46. The van der Waals surface area contributed by atoms with Gasteiger partial charge in [-0.25, -0.2) is 9.59 Å². The number of esters is 1. The molecule has 1 heterocycles. The quantitative estimate of drug-likeness (QED) is 0.783. The van der Waals surface area contributed by atoms with Crippen molar-refractivity contribution in [3.05, 3.63) is 0 Å². The highest BCUT2D eigenvalue weighted by Crippen LogP contribution is 2.16. The molecule has 0 spiro atoms. The molecule has 104 valence electrons. The highest BCUT2D eigenvalue weighted by molar-refractivity contribution is 5.83. The van der Waals surface area contributed by atoms with Crippen LogP contribution in [-0.2, 0) is 9.53 Å². The number of nitrogens with one attached hydrogen (secondary N) is 1. The van der Waals surface area contributed by atoms with Crippen LogP contribution >= 0.6 is 0 Å². The predicted molar refractivity (Wildman–Crippen MR) is 69.2 cm³/mol. The molecule has 2 atom stereocenters. The van der Waals surface area contributed by atoms with E-state index in [0.29, 0.717) is 0 Å². The summed E-state index contributed by atoms with van der Waals surface area (Å²) in [5.74, 6) is -0.371. The van der Waals surface area contributed by atoms with Crippen molar-refractivity contribution in [3.8, 4) is 0 Å². The summed E-state index contributed by atoms with van der Waals surface area (Å²) in [5.41, 5.74) is 0. The van der Waals surface area contributed by atoms with Crippen LogP contribution in [0.5, 0.6) is 0 Å². The van der Waals surface area contributed by atoms with Crippen LogP contribution in [0.15, 0.2) is 0 Å². The van der Waals surface area contributed by atoms with Crippen molar-refractivity contribution in [2.24, 2.45) is 5.92 Å². The number of carbonyl (C=O) groups is 2. The minimum atomic E-state index is -0.573. The fraction of sp³-hybridized carbons (Fsp3) is 0.846. The third-order valence-corrected chi connectivity index (χ3v) is 3.46. The third kappa shape index (κ3) is 3.62. The lowest BCUT2D eigenvalue weighted by Gasteiger charge is -2.34. The summed E-state index contributed by atoms with van der Waals surface area (Å²) < 4.78 is 4.72. The fourth-order valence-electron chi connectivity index (χ4n) is 2.24. The molecule has 0 bridgehead atoms. The van der Waals surface area contributed by atoms with Crippen molar-refractivity contribution in [1.82, 2.24) is 10.2 Å². The van der Waals surface area contributed by atoms with Crippen LogP contribution in [0.25, 0.3) is 0 Å². The van der Waals surface area contributed by atoms with E-state index in [1.165, 1.54) is 7.11 Å². The van der Waals surface area contributed by atoms with Crippen LogP contribution < -0.4 is 5.32 Å². The first-order chi connectivity index (χ1) is 8.47. The van der Waals surface area contributed by atoms with E-state index in [1.807, 2.05) is 25.7 Å². The molecule has 1 aliphatic rings. The number of urea groups is 1. The molecule has 1 fully saturated rings. The first-order valence-corrected chi connectivity index (χ1v) is 6.62. The standard InChI is InChI=1S/C13H24N2O3/c1-9(2)11(12(16)18-4)14-13(17)15-8-6-5-7-10(15)3/h9-11H,5-8H2,1-4H3,(H,14,17)/t10?,11-/m0/s1. The van der Waals surface area contributed by atoms with E-state index in [2.05, 4.69) is 5.32 Å². The zero-order valence-corrected chi connectivity index (χ0v) is 11.7. The van der Waals surface area contributed by atoms with Crippen molar-refractivity contribution in [1.29, 1.82) is 0 Å². The van der Waals surface area contributed by atoms with Crippen molar-refractivity contribution >= 4 is 12.0 Å². The Morgan fingerprint density at radius 2 is 2.00 bits per heavy atom. The monoisotopic (exact) mass is 256 g/mol. The number of rotatable bonds is 3. The van der Waals surface area contributed by atoms with E-state index in [4.69, 9.17) is 4.74 Å². The molecular formula is C13H24N2O3. The predicted octanol–water partition coefficient (Wildman–Crippen LogP) is 1.77. The molecular weight excluding hydrogens is 232 g/mol. The molecule has 0 aromatic heterocycles. The van der Waals surface area contributed by atoms with Gasteiger partial charge in [-0.3, -0.25) is 0 Å². The molecule has 1 unspecified atom stereocenters. The molecule has 5 heteroatoms. The summed E-state index contributed by atoms with van der Waals surface area (Å²) in [5, 5.41) is 2.78. The van der Waals surface area contributed by atoms with E-state index >= 15 is 0 Å². The number of methoxy groups -OCH3 is 1. The molecule has 1 aliphatic heterocycles. The first-order valence-electron chi connectivity index (χ1n) is 6.62. The number of hydrogen-bond donors (Lipinski definition) is 1. The fourth-order valence-corrected chi connectivity index (χ4v) is 2.24. The average molecular weight is 256 g/mol. The van der Waals surface area contributed by atoms with E-state index in [0.717, 1.165) is 25.8 Å². The van der Waals surface area contributed by atoms with Crippen LogP contribution in [0.2, 0.25) is 0 Å². The summed E-state index contributed by atoms with van der Waals surface area (Å²) in [6.45, 7) is 6.59. The maximum atomic E-state index is 12.2.